The van der Waals surface area contributed by atoms with E-state index >= 15 is 0 Å². The summed E-state index contributed by atoms with van der Waals surface area (Å²) >= 11 is 0. The minimum Gasteiger partial charge on any atom is -0.497 e. The fraction of sp³-hybridized carbons (Fsp3) is 0.160. The van der Waals surface area contributed by atoms with Crippen molar-refractivity contribution in [2.24, 2.45) is 15.0 Å². The van der Waals surface area contributed by atoms with E-state index < -0.39 is 0 Å². The average Bonchev–Trinajstić information content (AvgIpc) is 3.23. The summed E-state index contributed by atoms with van der Waals surface area (Å²) < 4.78 is 16.5. The van der Waals surface area contributed by atoms with E-state index in [-0.39, 0.29) is 0 Å². The zero-order valence-electron chi connectivity index (χ0n) is 18.4. The molecule has 1 aliphatic heterocycles. The first-order chi connectivity index (χ1) is 15.5. The van der Waals surface area contributed by atoms with E-state index in [4.69, 9.17) is 34.9 Å². The fourth-order valence-electron chi connectivity index (χ4n) is 3.46. The van der Waals surface area contributed by atoms with Gasteiger partial charge in [-0.2, -0.15) is 0 Å². The van der Waals surface area contributed by atoms with Gasteiger partial charge < -0.3 is 19.9 Å². The smallest absolute Gasteiger partial charge is 0.181 e. The lowest BCUT2D eigenvalue weighted by Gasteiger charge is -2.11. The lowest BCUT2D eigenvalue weighted by atomic mass is 10.1. The number of benzene rings is 3. The second kappa shape index (κ2) is 8.93. The highest BCUT2D eigenvalue weighted by Gasteiger charge is 2.26. The monoisotopic (exact) mass is 428 g/mol. The third kappa shape index (κ3) is 4.05. The van der Waals surface area contributed by atoms with Crippen molar-refractivity contribution in [2.75, 3.05) is 27.1 Å². The molecular formula is C25H24N4O3. The van der Waals surface area contributed by atoms with E-state index in [1.54, 1.807) is 21.3 Å². The van der Waals surface area contributed by atoms with Crippen LogP contribution in [0.1, 0.15) is 16.7 Å². The summed E-state index contributed by atoms with van der Waals surface area (Å²) in [7, 11) is 4.85. The Bertz CT molecular complexity index is 1260. The molecule has 0 unspecified atom stereocenters. The molecular weight excluding hydrogens is 404 g/mol. The topological polar surface area (TPSA) is 90.8 Å². The van der Waals surface area contributed by atoms with E-state index in [1.807, 2.05) is 67.6 Å². The molecule has 3 aromatic rings. The van der Waals surface area contributed by atoms with Crippen molar-refractivity contribution in [2.45, 2.75) is 6.92 Å². The maximum atomic E-state index is 5.91. The number of amidine groups is 2. The zero-order chi connectivity index (χ0) is 22.7. The largest absolute Gasteiger partial charge is 0.497 e. The molecule has 7 nitrogen and oxygen atoms in total. The minimum atomic E-state index is 0.463. The molecule has 0 atom stereocenters. The molecule has 0 bridgehead atoms. The summed E-state index contributed by atoms with van der Waals surface area (Å²) in [6.45, 7) is 1.96. The number of methoxy groups -OCH3 is 3. The summed E-state index contributed by atoms with van der Waals surface area (Å²) in [4.78, 5) is 14.4. The number of rotatable bonds is 6. The third-order valence-electron chi connectivity index (χ3n) is 5.10. The lowest BCUT2D eigenvalue weighted by Crippen LogP contribution is -2.11. The molecule has 3 aromatic carbocycles. The Kier molecular flexibility index (Phi) is 5.89. The standard InChI is InChI=1S/C25H24N4O3/c1-15-13-16(26)9-11-20(15)27-25-23(19-14-17(30-2)10-12-22(19)32-4)28-24(29-25)18-7-5-6-8-21(18)31-3/h5-14H,26H2,1-4H3. The highest BCUT2D eigenvalue weighted by molar-refractivity contribution is 6.54. The van der Waals surface area contributed by atoms with Gasteiger partial charge in [0.2, 0.25) is 0 Å². The van der Waals surface area contributed by atoms with Gasteiger partial charge in [-0.15, -0.1) is 0 Å². The van der Waals surface area contributed by atoms with Crippen LogP contribution in [-0.2, 0) is 0 Å². The molecule has 162 valence electrons. The lowest BCUT2D eigenvalue weighted by molar-refractivity contribution is 0.402. The SMILES string of the molecule is COc1ccc(OC)c(C2=NC(c3ccccc3OC)=NC2=Nc2ccc(N)cc2C)c1. The molecule has 1 aliphatic rings. The van der Waals surface area contributed by atoms with E-state index in [1.165, 1.54) is 0 Å². The van der Waals surface area contributed by atoms with Crippen LogP contribution in [-0.4, -0.2) is 38.7 Å². The molecule has 7 heteroatoms. The zero-order valence-corrected chi connectivity index (χ0v) is 18.4. The van der Waals surface area contributed by atoms with Crippen LogP contribution in [0.25, 0.3) is 0 Å². The van der Waals surface area contributed by atoms with Gasteiger partial charge in [0.1, 0.15) is 23.0 Å². The number of hydrogen-bond acceptors (Lipinski definition) is 6. The number of nitrogens with zero attached hydrogens (tertiary/aromatic N) is 3. The third-order valence-corrected chi connectivity index (χ3v) is 5.10. The molecule has 0 saturated carbocycles. The highest BCUT2D eigenvalue weighted by Crippen LogP contribution is 2.30. The van der Waals surface area contributed by atoms with E-state index in [0.29, 0.717) is 40.3 Å². The van der Waals surface area contributed by atoms with Gasteiger partial charge in [0.15, 0.2) is 11.7 Å². The van der Waals surface area contributed by atoms with Gasteiger partial charge in [0.05, 0.1) is 32.6 Å². The summed E-state index contributed by atoms with van der Waals surface area (Å²) in [6.07, 6.45) is 0. The van der Waals surface area contributed by atoms with E-state index in [2.05, 4.69) is 0 Å². The molecule has 0 aromatic heterocycles. The Balaban J connectivity index is 1.92. The molecule has 32 heavy (non-hydrogen) atoms. The normalized spacial score (nSPS) is 14.2. The van der Waals surface area contributed by atoms with Crippen molar-refractivity contribution in [3.63, 3.8) is 0 Å². The van der Waals surface area contributed by atoms with Crippen molar-refractivity contribution in [3.05, 3.63) is 77.4 Å². The first kappa shape index (κ1) is 21.1. The van der Waals surface area contributed by atoms with Gasteiger partial charge >= 0.3 is 0 Å². The van der Waals surface area contributed by atoms with Crippen LogP contribution in [0.2, 0.25) is 0 Å². The van der Waals surface area contributed by atoms with Crippen LogP contribution in [0, 0.1) is 6.92 Å². The molecule has 4 rings (SSSR count). The second-order valence-electron chi connectivity index (χ2n) is 7.14. The highest BCUT2D eigenvalue weighted by atomic mass is 16.5. The van der Waals surface area contributed by atoms with Gasteiger partial charge in [-0.1, -0.05) is 12.1 Å². The minimum absolute atomic E-state index is 0.463. The summed E-state index contributed by atoms with van der Waals surface area (Å²) in [5.41, 5.74) is 10.4. The molecule has 0 spiro atoms. The van der Waals surface area contributed by atoms with Crippen molar-refractivity contribution in [1.82, 2.24) is 0 Å². The predicted molar refractivity (Wildman–Crippen MR) is 128 cm³/mol. The summed E-state index contributed by atoms with van der Waals surface area (Å²) in [5, 5.41) is 0. The number of aliphatic imine (C=N–C) groups is 3. The number of anilines is 1. The first-order valence-corrected chi connectivity index (χ1v) is 10.0. The van der Waals surface area contributed by atoms with Crippen LogP contribution in [0.5, 0.6) is 17.2 Å². The number of ether oxygens (including phenoxy) is 3. The van der Waals surface area contributed by atoms with Crippen LogP contribution in [0.3, 0.4) is 0 Å². The molecule has 0 fully saturated rings. The molecule has 2 N–H and O–H groups in total. The molecule has 0 saturated heterocycles. The Morgan fingerprint density at radius 3 is 2.25 bits per heavy atom. The van der Waals surface area contributed by atoms with Crippen molar-refractivity contribution in [3.8, 4) is 17.2 Å². The van der Waals surface area contributed by atoms with Crippen LogP contribution in [0.15, 0.2) is 75.6 Å². The van der Waals surface area contributed by atoms with Gasteiger partial charge in [-0.3, -0.25) is 0 Å². The molecule has 0 radical (unpaired) electrons. The van der Waals surface area contributed by atoms with Gasteiger partial charge in [0, 0.05) is 11.3 Å². The number of aryl methyl sites for hydroxylation is 1. The molecule has 0 amide bonds. The van der Waals surface area contributed by atoms with Crippen molar-refractivity contribution in [1.29, 1.82) is 0 Å². The Morgan fingerprint density at radius 1 is 0.781 bits per heavy atom. The number of nitrogen functional groups attached to an aromatic ring is 1. The van der Waals surface area contributed by atoms with Gasteiger partial charge in [0.25, 0.3) is 0 Å². The maximum Gasteiger partial charge on any atom is 0.181 e. The predicted octanol–water partition coefficient (Wildman–Crippen LogP) is 4.58. The first-order valence-electron chi connectivity index (χ1n) is 10.0. The van der Waals surface area contributed by atoms with E-state index in [0.717, 1.165) is 22.4 Å². The number of para-hydroxylation sites is 1. The molecule has 0 aliphatic carbocycles. The fourth-order valence-corrected chi connectivity index (χ4v) is 3.46. The number of nitrogens with two attached hydrogens (primary N) is 1. The quantitative estimate of drug-likeness (QED) is 0.582. The van der Waals surface area contributed by atoms with E-state index in [9.17, 15) is 0 Å². The van der Waals surface area contributed by atoms with Crippen molar-refractivity contribution < 1.29 is 14.2 Å². The number of hydrogen-bond donors (Lipinski definition) is 1. The summed E-state index contributed by atoms with van der Waals surface area (Å²) in [6, 6.07) is 18.7. The van der Waals surface area contributed by atoms with Crippen LogP contribution < -0.4 is 19.9 Å². The Labute approximate surface area is 186 Å². The average molecular weight is 428 g/mol. The van der Waals surface area contributed by atoms with Crippen LogP contribution >= 0.6 is 0 Å². The van der Waals surface area contributed by atoms with Crippen molar-refractivity contribution >= 4 is 28.8 Å². The van der Waals surface area contributed by atoms with Gasteiger partial charge in [-0.25, -0.2) is 15.0 Å². The Morgan fingerprint density at radius 2 is 1.53 bits per heavy atom. The van der Waals surface area contributed by atoms with Gasteiger partial charge in [-0.05, 0) is 61.0 Å². The second-order valence-corrected chi connectivity index (χ2v) is 7.14. The molecule has 1 heterocycles. The maximum absolute atomic E-state index is 5.91. The van der Waals surface area contributed by atoms with Crippen LogP contribution in [0.4, 0.5) is 11.4 Å². The Hall–Kier alpha value is -4.13. The summed E-state index contributed by atoms with van der Waals surface area (Å²) in [5.74, 6) is 2.97.